The number of benzene rings is 1. The number of methoxy groups -OCH3 is 1. The molecular weight excluding hydrogens is 382 g/mol. The van der Waals surface area contributed by atoms with Gasteiger partial charge in [-0.15, -0.1) is 0 Å². The van der Waals surface area contributed by atoms with Crippen LogP contribution in [0, 0.1) is 10.1 Å². The van der Waals surface area contributed by atoms with Gasteiger partial charge in [0.1, 0.15) is 0 Å². The zero-order valence-corrected chi connectivity index (χ0v) is 16.8. The highest BCUT2D eigenvalue weighted by Crippen LogP contribution is 2.41. The van der Waals surface area contributed by atoms with Crippen LogP contribution in [0.2, 0.25) is 0 Å². The first-order valence-corrected chi connectivity index (χ1v) is 9.26. The number of non-ortho nitro benzene ring substituents is 1. The van der Waals surface area contributed by atoms with Crippen molar-refractivity contribution in [3.63, 3.8) is 0 Å². The fraction of sp³-hybridized carbons (Fsp3) is 0.474. The van der Waals surface area contributed by atoms with Crippen LogP contribution in [-0.4, -0.2) is 35.2 Å². The van der Waals surface area contributed by atoms with Gasteiger partial charge >= 0.3 is 12.0 Å². The first-order chi connectivity index (χ1) is 13.7. The summed E-state index contributed by atoms with van der Waals surface area (Å²) in [5.74, 6) is -1.24. The summed E-state index contributed by atoms with van der Waals surface area (Å²) in [6.07, 6.45) is 1.50. The van der Waals surface area contributed by atoms with Gasteiger partial charge in [-0.1, -0.05) is 13.3 Å². The van der Waals surface area contributed by atoms with Crippen molar-refractivity contribution in [2.24, 2.45) is 0 Å². The number of nitrogens with one attached hydrogen (secondary N) is 2. The lowest BCUT2D eigenvalue weighted by Crippen LogP contribution is -2.46. The van der Waals surface area contributed by atoms with Gasteiger partial charge in [-0.25, -0.2) is 9.59 Å². The number of carbonyl (C=O) groups is 2. The minimum atomic E-state index is -1.14. The lowest BCUT2D eigenvalue weighted by molar-refractivity contribution is -0.385. The van der Waals surface area contributed by atoms with E-state index in [2.05, 4.69) is 10.6 Å². The van der Waals surface area contributed by atoms with Crippen molar-refractivity contribution in [1.82, 2.24) is 10.6 Å². The maximum absolute atomic E-state index is 12.8. The van der Waals surface area contributed by atoms with Crippen molar-refractivity contribution in [3.05, 3.63) is 39.1 Å². The number of phenolic OH excluding ortho intramolecular Hbond substituents is 1. The minimum absolute atomic E-state index is 0.0318. The molecule has 1 unspecified atom stereocenters. The third kappa shape index (κ3) is 4.95. The highest BCUT2D eigenvalue weighted by molar-refractivity contribution is 5.95. The zero-order chi connectivity index (χ0) is 21.7. The second-order valence-corrected chi connectivity index (χ2v) is 6.82. The SMILES string of the molecule is CCCCC1=C(C(=O)OC(C)C)C(c2cc([N+](=O)[O-])cc(OC)c2O)NC(=O)N1. The number of carbonyl (C=O) groups excluding carboxylic acids is 2. The fourth-order valence-electron chi connectivity index (χ4n) is 3.02. The standard InChI is InChI=1S/C19H25N3O7/c1-5-6-7-13-15(18(24)29-10(2)3)16(21-19(25)20-13)12-8-11(22(26)27)9-14(28-4)17(12)23/h8-10,16,23H,5-7H2,1-4H3,(H2,20,21,25). The molecule has 3 N–H and O–H groups in total. The van der Waals surface area contributed by atoms with Crippen molar-refractivity contribution in [2.45, 2.75) is 52.2 Å². The summed E-state index contributed by atoms with van der Waals surface area (Å²) in [5, 5.41) is 27.1. The highest BCUT2D eigenvalue weighted by atomic mass is 16.6. The van der Waals surface area contributed by atoms with Crippen LogP contribution < -0.4 is 15.4 Å². The normalized spacial score (nSPS) is 16.3. The number of aromatic hydroxyl groups is 1. The van der Waals surface area contributed by atoms with Crippen LogP contribution in [0.1, 0.15) is 51.6 Å². The molecule has 1 aliphatic heterocycles. The average molecular weight is 407 g/mol. The van der Waals surface area contributed by atoms with Gasteiger partial charge < -0.3 is 25.2 Å². The lowest BCUT2D eigenvalue weighted by atomic mass is 9.92. The van der Waals surface area contributed by atoms with E-state index < -0.39 is 34.8 Å². The molecule has 2 amide bonds. The van der Waals surface area contributed by atoms with Gasteiger partial charge in [-0.05, 0) is 26.7 Å². The van der Waals surface area contributed by atoms with Crippen LogP contribution in [-0.2, 0) is 9.53 Å². The molecule has 0 aromatic heterocycles. The fourth-order valence-corrected chi connectivity index (χ4v) is 3.02. The minimum Gasteiger partial charge on any atom is -0.504 e. The number of esters is 1. The first kappa shape index (κ1) is 22.0. The molecule has 10 nitrogen and oxygen atoms in total. The summed E-state index contributed by atoms with van der Waals surface area (Å²) in [6, 6.07) is 0.437. The molecule has 1 atom stereocenters. The van der Waals surface area contributed by atoms with E-state index in [0.29, 0.717) is 18.5 Å². The van der Waals surface area contributed by atoms with Crippen LogP contribution in [0.5, 0.6) is 11.5 Å². The number of amides is 2. The molecule has 1 heterocycles. The Balaban J connectivity index is 2.69. The maximum atomic E-state index is 12.8. The summed E-state index contributed by atoms with van der Waals surface area (Å²) in [4.78, 5) is 35.7. The molecule has 0 spiro atoms. The Morgan fingerprint density at radius 3 is 2.62 bits per heavy atom. The number of nitro groups is 1. The summed E-state index contributed by atoms with van der Waals surface area (Å²) in [5.41, 5.74) is 0.0606. The van der Waals surface area contributed by atoms with Crippen LogP contribution >= 0.6 is 0 Å². The molecule has 158 valence electrons. The number of unbranched alkanes of at least 4 members (excludes halogenated alkanes) is 1. The van der Waals surface area contributed by atoms with Crippen LogP contribution in [0.15, 0.2) is 23.4 Å². The molecule has 2 rings (SSSR count). The van der Waals surface area contributed by atoms with E-state index in [1.165, 1.54) is 7.11 Å². The number of rotatable bonds is 8. The maximum Gasteiger partial charge on any atom is 0.338 e. The van der Waals surface area contributed by atoms with Crippen molar-refractivity contribution in [3.8, 4) is 11.5 Å². The molecule has 1 aromatic rings. The Morgan fingerprint density at radius 1 is 1.38 bits per heavy atom. The topological polar surface area (TPSA) is 140 Å². The Hall–Kier alpha value is -3.30. The monoisotopic (exact) mass is 407 g/mol. The van der Waals surface area contributed by atoms with Gasteiger partial charge in [-0.3, -0.25) is 10.1 Å². The lowest BCUT2D eigenvalue weighted by Gasteiger charge is -2.30. The quantitative estimate of drug-likeness (QED) is 0.342. The van der Waals surface area contributed by atoms with E-state index in [4.69, 9.17) is 9.47 Å². The van der Waals surface area contributed by atoms with Crippen molar-refractivity contribution in [1.29, 1.82) is 0 Å². The van der Waals surface area contributed by atoms with E-state index >= 15 is 0 Å². The molecule has 0 fully saturated rings. The van der Waals surface area contributed by atoms with Gasteiger partial charge in [0.2, 0.25) is 0 Å². The zero-order valence-electron chi connectivity index (χ0n) is 16.8. The largest absolute Gasteiger partial charge is 0.504 e. The summed E-state index contributed by atoms with van der Waals surface area (Å²) >= 11 is 0. The second kappa shape index (κ2) is 9.26. The molecule has 0 saturated carbocycles. The van der Waals surface area contributed by atoms with Crippen LogP contribution in [0.3, 0.4) is 0 Å². The number of allylic oxidation sites excluding steroid dienone is 1. The van der Waals surface area contributed by atoms with Crippen LogP contribution in [0.25, 0.3) is 0 Å². The molecule has 0 aliphatic carbocycles. The Bertz CT molecular complexity index is 848. The van der Waals surface area contributed by atoms with Gasteiger partial charge in [0.05, 0.1) is 35.8 Å². The highest BCUT2D eigenvalue weighted by Gasteiger charge is 2.37. The van der Waals surface area contributed by atoms with Gasteiger partial charge in [0, 0.05) is 17.3 Å². The number of phenols is 1. The number of nitro benzene ring substituents is 1. The number of nitrogens with zero attached hydrogens (tertiary/aromatic N) is 1. The van der Waals surface area contributed by atoms with Gasteiger partial charge in [-0.2, -0.15) is 0 Å². The molecule has 0 bridgehead atoms. The number of hydrogen-bond acceptors (Lipinski definition) is 7. The van der Waals surface area contributed by atoms with Crippen LogP contribution in [0.4, 0.5) is 10.5 Å². The molecule has 1 aromatic carbocycles. The van der Waals surface area contributed by atoms with E-state index in [-0.39, 0.29) is 22.6 Å². The Morgan fingerprint density at radius 2 is 2.07 bits per heavy atom. The first-order valence-electron chi connectivity index (χ1n) is 9.26. The average Bonchev–Trinajstić information content (AvgIpc) is 2.65. The summed E-state index contributed by atoms with van der Waals surface area (Å²) in [6.45, 7) is 5.33. The molecule has 0 radical (unpaired) electrons. The van der Waals surface area contributed by atoms with Gasteiger partial charge in [0.25, 0.3) is 5.69 Å². The molecule has 0 saturated heterocycles. The second-order valence-electron chi connectivity index (χ2n) is 6.82. The molecule has 10 heteroatoms. The third-order valence-corrected chi connectivity index (χ3v) is 4.33. The predicted octanol–water partition coefficient (Wildman–Crippen LogP) is 3.06. The van der Waals surface area contributed by atoms with E-state index in [9.17, 15) is 24.8 Å². The Labute approximate surface area is 168 Å². The third-order valence-electron chi connectivity index (χ3n) is 4.33. The predicted molar refractivity (Wildman–Crippen MR) is 104 cm³/mol. The smallest absolute Gasteiger partial charge is 0.338 e. The van der Waals surface area contributed by atoms with Crippen molar-refractivity contribution in [2.75, 3.05) is 7.11 Å². The van der Waals surface area contributed by atoms with Gasteiger partial charge in [0.15, 0.2) is 11.5 Å². The number of urea groups is 1. The van der Waals surface area contributed by atoms with E-state index in [1.54, 1.807) is 13.8 Å². The number of hydrogen-bond donors (Lipinski definition) is 3. The molecular formula is C19H25N3O7. The van der Waals surface area contributed by atoms with Crippen molar-refractivity contribution >= 4 is 17.7 Å². The molecule has 29 heavy (non-hydrogen) atoms. The van der Waals surface area contributed by atoms with E-state index in [1.807, 2.05) is 6.92 Å². The van der Waals surface area contributed by atoms with Crippen molar-refractivity contribution < 1.29 is 29.1 Å². The summed E-state index contributed by atoms with van der Waals surface area (Å²) < 4.78 is 10.4. The number of ether oxygens (including phenoxy) is 2. The Kier molecular flexibility index (Phi) is 7.03. The van der Waals surface area contributed by atoms with E-state index in [0.717, 1.165) is 18.6 Å². The molecule has 1 aliphatic rings. The summed E-state index contributed by atoms with van der Waals surface area (Å²) in [7, 11) is 1.25.